The highest BCUT2D eigenvalue weighted by Crippen LogP contribution is 2.29. The van der Waals surface area contributed by atoms with E-state index in [0.29, 0.717) is 29.4 Å². The van der Waals surface area contributed by atoms with E-state index < -0.39 is 16.4 Å². The topological polar surface area (TPSA) is 105 Å². The largest absolute Gasteiger partial charge is 0.355 e. The minimum absolute atomic E-state index is 0.177. The van der Waals surface area contributed by atoms with Crippen molar-refractivity contribution in [3.05, 3.63) is 36.4 Å². The molecule has 2 fully saturated rings. The molecule has 164 valence electrons. The van der Waals surface area contributed by atoms with Crippen LogP contribution < -0.4 is 9.62 Å². The number of nitrogens with zero attached hydrogens (tertiary/aromatic N) is 6. The fraction of sp³-hybridized carbons (Fsp3) is 0.474. The molecule has 12 heteroatoms. The van der Waals surface area contributed by atoms with Gasteiger partial charge in [0, 0.05) is 25.2 Å². The molecule has 31 heavy (non-hydrogen) atoms. The van der Waals surface area contributed by atoms with Gasteiger partial charge in [0.25, 0.3) is 6.43 Å². The van der Waals surface area contributed by atoms with Gasteiger partial charge >= 0.3 is 0 Å². The number of sulfonamides is 1. The minimum Gasteiger partial charge on any atom is -0.355 e. The SMILES string of the molecule is O=S(=O)(N[C@H]1CCCN(c2cc(-c3cnc4ccc(C(F)F)nn34)ncn2)C1)C1CC1. The Labute approximate surface area is 177 Å². The van der Waals surface area contributed by atoms with Crippen LogP contribution in [0.2, 0.25) is 0 Å². The Morgan fingerprint density at radius 2 is 1.97 bits per heavy atom. The van der Waals surface area contributed by atoms with Gasteiger partial charge in [0.05, 0.1) is 17.1 Å². The summed E-state index contributed by atoms with van der Waals surface area (Å²) in [5, 5.41) is 3.73. The first-order valence-electron chi connectivity index (χ1n) is 10.1. The third-order valence-corrected chi connectivity index (χ3v) is 7.57. The first-order valence-corrected chi connectivity index (χ1v) is 11.7. The Bertz CT molecular complexity index is 1210. The molecule has 5 rings (SSSR count). The van der Waals surface area contributed by atoms with Crippen molar-refractivity contribution < 1.29 is 17.2 Å². The maximum atomic E-state index is 13.1. The lowest BCUT2D eigenvalue weighted by molar-refractivity contribution is 0.144. The van der Waals surface area contributed by atoms with Crippen LogP contribution in [0.3, 0.4) is 0 Å². The summed E-state index contributed by atoms with van der Waals surface area (Å²) in [6, 6.07) is 4.31. The number of rotatable bonds is 6. The molecule has 1 aliphatic heterocycles. The third kappa shape index (κ3) is 4.09. The van der Waals surface area contributed by atoms with Crippen molar-refractivity contribution in [2.75, 3.05) is 18.0 Å². The van der Waals surface area contributed by atoms with E-state index in [1.54, 1.807) is 6.07 Å². The molecular formula is C19H21F2N7O2S. The van der Waals surface area contributed by atoms with Crippen LogP contribution in [0.1, 0.15) is 37.8 Å². The van der Waals surface area contributed by atoms with Crippen LogP contribution in [0.4, 0.5) is 14.6 Å². The molecule has 1 saturated carbocycles. The zero-order chi connectivity index (χ0) is 21.6. The summed E-state index contributed by atoms with van der Waals surface area (Å²) in [6.45, 7) is 1.24. The molecule has 4 heterocycles. The van der Waals surface area contributed by atoms with E-state index in [9.17, 15) is 17.2 Å². The lowest BCUT2D eigenvalue weighted by Gasteiger charge is -2.33. The summed E-state index contributed by atoms with van der Waals surface area (Å²) < 4.78 is 54.9. The molecule has 1 N–H and O–H groups in total. The van der Waals surface area contributed by atoms with Crippen LogP contribution in [0.25, 0.3) is 17.0 Å². The van der Waals surface area contributed by atoms with Gasteiger partial charge in [0.2, 0.25) is 10.0 Å². The average molecular weight is 449 g/mol. The van der Waals surface area contributed by atoms with Crippen molar-refractivity contribution in [3.8, 4) is 11.4 Å². The van der Waals surface area contributed by atoms with Crippen molar-refractivity contribution >= 4 is 21.5 Å². The van der Waals surface area contributed by atoms with E-state index in [1.807, 2.05) is 4.90 Å². The Hall–Kier alpha value is -2.73. The molecule has 0 radical (unpaired) electrons. The highest BCUT2D eigenvalue weighted by Gasteiger charge is 2.37. The van der Waals surface area contributed by atoms with Crippen LogP contribution in [0, 0.1) is 0 Å². The van der Waals surface area contributed by atoms with Gasteiger partial charge in [-0.2, -0.15) is 5.10 Å². The second-order valence-electron chi connectivity index (χ2n) is 7.88. The Balaban J connectivity index is 1.40. The number of fused-ring (bicyclic) bond motifs is 1. The van der Waals surface area contributed by atoms with Crippen molar-refractivity contribution in [3.63, 3.8) is 0 Å². The standard InChI is InChI=1S/C19H21F2N7O2S/c20-19(21)14-5-6-17-22-9-16(28(17)25-14)15-8-18(24-11-23-15)27-7-1-2-12(10-27)26-31(29,30)13-3-4-13/h5-6,8-9,11-13,19,26H,1-4,7,10H2/t12-/m0/s1. The molecule has 0 amide bonds. The number of alkyl halides is 2. The number of hydrogen-bond acceptors (Lipinski definition) is 7. The number of imidazole rings is 1. The van der Waals surface area contributed by atoms with Gasteiger partial charge in [-0.3, -0.25) is 0 Å². The zero-order valence-electron chi connectivity index (χ0n) is 16.5. The lowest BCUT2D eigenvalue weighted by Crippen LogP contribution is -2.48. The highest BCUT2D eigenvalue weighted by atomic mass is 32.2. The molecule has 3 aromatic rings. The molecule has 3 aromatic heterocycles. The van der Waals surface area contributed by atoms with Crippen LogP contribution in [0.5, 0.6) is 0 Å². The number of halogens is 2. The Kier molecular flexibility index (Phi) is 5.05. The molecule has 0 unspecified atom stereocenters. The van der Waals surface area contributed by atoms with Crippen molar-refractivity contribution in [2.45, 2.75) is 43.4 Å². The number of aromatic nitrogens is 5. The fourth-order valence-electron chi connectivity index (χ4n) is 3.83. The highest BCUT2D eigenvalue weighted by molar-refractivity contribution is 7.90. The quantitative estimate of drug-likeness (QED) is 0.615. The second-order valence-corrected chi connectivity index (χ2v) is 9.87. The van der Waals surface area contributed by atoms with E-state index in [0.717, 1.165) is 32.2 Å². The first-order chi connectivity index (χ1) is 14.9. The normalized spacial score (nSPS) is 20.0. The maximum absolute atomic E-state index is 13.1. The summed E-state index contributed by atoms with van der Waals surface area (Å²) in [6.07, 6.45) is 3.29. The monoisotopic (exact) mass is 449 g/mol. The van der Waals surface area contributed by atoms with Gasteiger partial charge in [-0.05, 0) is 37.8 Å². The van der Waals surface area contributed by atoms with Crippen molar-refractivity contribution in [1.29, 1.82) is 0 Å². The van der Waals surface area contributed by atoms with Crippen molar-refractivity contribution in [2.24, 2.45) is 0 Å². The van der Waals surface area contributed by atoms with Gasteiger partial charge in [-0.25, -0.2) is 41.4 Å². The predicted octanol–water partition coefficient (Wildman–Crippen LogP) is 2.17. The zero-order valence-corrected chi connectivity index (χ0v) is 17.3. The molecule has 0 bridgehead atoms. The van der Waals surface area contributed by atoms with Crippen LogP contribution in [-0.2, 0) is 10.0 Å². The predicted molar refractivity (Wildman–Crippen MR) is 109 cm³/mol. The second kappa shape index (κ2) is 7.75. The molecule has 1 saturated heterocycles. The van der Waals surface area contributed by atoms with Crippen LogP contribution in [0.15, 0.2) is 30.7 Å². The smallest absolute Gasteiger partial charge is 0.282 e. The summed E-state index contributed by atoms with van der Waals surface area (Å²) in [5.74, 6) is 0.639. The Morgan fingerprint density at radius 3 is 2.74 bits per heavy atom. The number of hydrogen-bond donors (Lipinski definition) is 1. The maximum Gasteiger partial charge on any atom is 0.282 e. The summed E-state index contributed by atoms with van der Waals surface area (Å²) in [7, 11) is -3.26. The van der Waals surface area contributed by atoms with Gasteiger partial charge in [0.15, 0.2) is 5.65 Å². The minimum atomic E-state index is -3.26. The van der Waals surface area contributed by atoms with E-state index in [4.69, 9.17) is 0 Å². The van der Waals surface area contributed by atoms with E-state index in [-0.39, 0.29) is 17.0 Å². The Morgan fingerprint density at radius 1 is 1.13 bits per heavy atom. The van der Waals surface area contributed by atoms with Gasteiger partial charge in [-0.15, -0.1) is 0 Å². The summed E-state index contributed by atoms with van der Waals surface area (Å²) in [4.78, 5) is 14.8. The number of nitrogens with one attached hydrogen (secondary N) is 1. The molecule has 0 spiro atoms. The first kappa shape index (κ1) is 20.2. The van der Waals surface area contributed by atoms with Gasteiger partial charge in [-0.1, -0.05) is 0 Å². The molecule has 2 aliphatic rings. The molecule has 1 atom stereocenters. The number of piperidine rings is 1. The lowest BCUT2D eigenvalue weighted by atomic mass is 10.1. The molecular weight excluding hydrogens is 428 g/mol. The van der Waals surface area contributed by atoms with E-state index >= 15 is 0 Å². The molecule has 1 aliphatic carbocycles. The van der Waals surface area contributed by atoms with Crippen LogP contribution >= 0.6 is 0 Å². The van der Waals surface area contributed by atoms with E-state index in [2.05, 4.69) is 24.8 Å². The summed E-state index contributed by atoms with van der Waals surface area (Å²) >= 11 is 0. The van der Waals surface area contributed by atoms with Gasteiger partial charge < -0.3 is 4.90 Å². The van der Waals surface area contributed by atoms with Crippen molar-refractivity contribution in [1.82, 2.24) is 29.3 Å². The summed E-state index contributed by atoms with van der Waals surface area (Å²) in [5.41, 5.74) is 1.07. The third-order valence-electron chi connectivity index (χ3n) is 5.56. The van der Waals surface area contributed by atoms with Gasteiger partial charge in [0.1, 0.15) is 23.5 Å². The average Bonchev–Trinajstić information content (AvgIpc) is 3.54. The van der Waals surface area contributed by atoms with E-state index in [1.165, 1.54) is 29.2 Å². The fourth-order valence-corrected chi connectivity index (χ4v) is 5.43. The molecule has 9 nitrogen and oxygen atoms in total. The molecule has 0 aromatic carbocycles. The number of anilines is 1. The van der Waals surface area contributed by atoms with Crippen LogP contribution in [-0.4, -0.2) is 57.4 Å².